The van der Waals surface area contributed by atoms with Crippen LogP contribution in [0.25, 0.3) is 11.1 Å². The quantitative estimate of drug-likeness (QED) is 0.384. The molecule has 4 heteroatoms. The summed E-state index contributed by atoms with van der Waals surface area (Å²) in [6, 6.07) is 6.50. The third-order valence-electron chi connectivity index (χ3n) is 4.86. The van der Waals surface area contributed by atoms with Crippen LogP contribution in [0.2, 0.25) is 0 Å². The van der Waals surface area contributed by atoms with E-state index in [0.717, 1.165) is 59.3 Å². The standard InChI is InChI=1S/C24H32FNO2/c1-5-7-8-9-20-22(16-28-14-6-2)26-24(17(3)4)21(15-27)23(20)18-10-12-19(25)13-11-18/h6,10-13,17,27H,2,5,7-9,14-16H2,1,3-4H3. The van der Waals surface area contributed by atoms with Gasteiger partial charge in [-0.3, -0.25) is 4.98 Å². The molecule has 0 spiro atoms. The zero-order chi connectivity index (χ0) is 20.5. The first-order chi connectivity index (χ1) is 13.5. The van der Waals surface area contributed by atoms with Crippen LogP contribution in [0.5, 0.6) is 0 Å². The van der Waals surface area contributed by atoms with Crippen molar-refractivity contribution in [2.24, 2.45) is 0 Å². The van der Waals surface area contributed by atoms with Gasteiger partial charge in [0.1, 0.15) is 5.82 Å². The van der Waals surface area contributed by atoms with Crippen molar-refractivity contribution < 1.29 is 14.2 Å². The summed E-state index contributed by atoms with van der Waals surface area (Å²) < 4.78 is 19.3. The Hall–Kier alpha value is -2.04. The lowest BCUT2D eigenvalue weighted by Crippen LogP contribution is -2.12. The van der Waals surface area contributed by atoms with E-state index in [4.69, 9.17) is 9.72 Å². The summed E-state index contributed by atoms with van der Waals surface area (Å²) in [6.07, 6.45) is 5.86. The van der Waals surface area contributed by atoms with Crippen LogP contribution in [-0.4, -0.2) is 16.7 Å². The Kier molecular flexibility index (Phi) is 8.81. The fraction of sp³-hybridized carbons (Fsp3) is 0.458. The summed E-state index contributed by atoms with van der Waals surface area (Å²) in [5.74, 6) is -0.112. The van der Waals surface area contributed by atoms with Crippen LogP contribution in [0.15, 0.2) is 36.9 Å². The molecule has 2 rings (SSSR count). The first-order valence-electron chi connectivity index (χ1n) is 10.1. The molecule has 1 N–H and O–H groups in total. The first-order valence-corrected chi connectivity index (χ1v) is 10.1. The molecule has 0 saturated heterocycles. The number of hydrogen-bond donors (Lipinski definition) is 1. The van der Waals surface area contributed by atoms with Gasteiger partial charge in [-0.25, -0.2) is 4.39 Å². The van der Waals surface area contributed by atoms with Gasteiger partial charge in [-0.1, -0.05) is 51.8 Å². The number of benzene rings is 1. The monoisotopic (exact) mass is 385 g/mol. The maximum absolute atomic E-state index is 13.5. The Morgan fingerprint density at radius 2 is 1.89 bits per heavy atom. The van der Waals surface area contributed by atoms with Gasteiger partial charge in [0.15, 0.2) is 0 Å². The van der Waals surface area contributed by atoms with E-state index < -0.39 is 0 Å². The molecule has 0 atom stereocenters. The molecule has 0 bridgehead atoms. The molecule has 0 fully saturated rings. The van der Waals surface area contributed by atoms with E-state index in [-0.39, 0.29) is 18.3 Å². The number of aromatic nitrogens is 1. The first kappa shape index (κ1) is 22.3. The molecule has 2 aromatic rings. The second kappa shape index (κ2) is 11.1. The Bertz CT molecular complexity index is 769. The third-order valence-corrected chi connectivity index (χ3v) is 4.86. The highest BCUT2D eigenvalue weighted by atomic mass is 19.1. The minimum absolute atomic E-state index is 0.0954. The Morgan fingerprint density at radius 3 is 2.46 bits per heavy atom. The van der Waals surface area contributed by atoms with Crippen LogP contribution >= 0.6 is 0 Å². The topological polar surface area (TPSA) is 42.4 Å². The summed E-state index contributed by atoms with van der Waals surface area (Å²) in [4.78, 5) is 4.90. The van der Waals surface area contributed by atoms with Crippen LogP contribution in [0, 0.1) is 5.82 Å². The maximum atomic E-state index is 13.5. The van der Waals surface area contributed by atoms with Gasteiger partial charge in [-0.2, -0.15) is 0 Å². The number of nitrogens with zero attached hydrogens (tertiary/aromatic N) is 1. The Balaban J connectivity index is 2.68. The molecular formula is C24H32FNO2. The molecule has 0 aliphatic heterocycles. The normalized spacial score (nSPS) is 11.2. The van der Waals surface area contributed by atoms with Crippen LogP contribution in [0.4, 0.5) is 4.39 Å². The predicted molar refractivity (Wildman–Crippen MR) is 113 cm³/mol. The number of pyridine rings is 1. The highest BCUT2D eigenvalue weighted by Gasteiger charge is 2.22. The summed E-state index contributed by atoms with van der Waals surface area (Å²) in [5, 5.41) is 10.2. The molecule has 0 radical (unpaired) electrons. The number of hydrogen-bond acceptors (Lipinski definition) is 3. The van der Waals surface area contributed by atoms with E-state index in [1.165, 1.54) is 12.1 Å². The van der Waals surface area contributed by atoms with Gasteiger partial charge < -0.3 is 9.84 Å². The Morgan fingerprint density at radius 1 is 1.18 bits per heavy atom. The highest BCUT2D eigenvalue weighted by Crippen LogP contribution is 2.35. The van der Waals surface area contributed by atoms with Gasteiger partial charge >= 0.3 is 0 Å². The van der Waals surface area contributed by atoms with Gasteiger partial charge in [0, 0.05) is 11.3 Å². The van der Waals surface area contributed by atoms with Crippen molar-refractivity contribution in [2.75, 3.05) is 6.61 Å². The molecule has 0 unspecified atom stereocenters. The number of aliphatic hydroxyl groups is 1. The molecule has 28 heavy (non-hydrogen) atoms. The molecule has 0 aliphatic rings. The van der Waals surface area contributed by atoms with E-state index in [1.807, 2.05) is 0 Å². The van der Waals surface area contributed by atoms with Crippen molar-refractivity contribution in [3.8, 4) is 11.1 Å². The number of rotatable bonds is 11. The van der Waals surface area contributed by atoms with Gasteiger partial charge in [0.05, 0.1) is 25.5 Å². The Labute approximate surface area is 168 Å². The average Bonchev–Trinajstić information content (AvgIpc) is 2.69. The molecule has 152 valence electrons. The van der Waals surface area contributed by atoms with Crippen molar-refractivity contribution in [3.05, 3.63) is 65.3 Å². The van der Waals surface area contributed by atoms with Crippen molar-refractivity contribution in [1.29, 1.82) is 0 Å². The lowest BCUT2D eigenvalue weighted by atomic mass is 9.87. The second-order valence-corrected chi connectivity index (χ2v) is 7.36. The zero-order valence-electron chi connectivity index (χ0n) is 17.3. The van der Waals surface area contributed by atoms with Gasteiger partial charge in [-0.15, -0.1) is 6.58 Å². The van der Waals surface area contributed by atoms with E-state index in [2.05, 4.69) is 27.4 Å². The van der Waals surface area contributed by atoms with Crippen molar-refractivity contribution >= 4 is 0 Å². The smallest absolute Gasteiger partial charge is 0.123 e. The van der Waals surface area contributed by atoms with Crippen LogP contribution < -0.4 is 0 Å². The largest absolute Gasteiger partial charge is 0.392 e. The summed E-state index contributed by atoms with van der Waals surface area (Å²) >= 11 is 0. The molecule has 0 amide bonds. The summed E-state index contributed by atoms with van der Waals surface area (Å²) in [7, 11) is 0. The lowest BCUT2D eigenvalue weighted by molar-refractivity contribution is 0.145. The number of halogens is 1. The second-order valence-electron chi connectivity index (χ2n) is 7.36. The number of unbranched alkanes of at least 4 members (excludes halogenated alkanes) is 2. The van der Waals surface area contributed by atoms with E-state index >= 15 is 0 Å². The SMILES string of the molecule is C=CCOCc1nc(C(C)C)c(CO)c(-c2ccc(F)cc2)c1CCCCC. The number of aliphatic hydroxyl groups excluding tert-OH is 1. The molecule has 1 aromatic heterocycles. The van der Waals surface area contributed by atoms with Crippen molar-refractivity contribution in [3.63, 3.8) is 0 Å². The fourth-order valence-corrected chi connectivity index (χ4v) is 3.52. The molecule has 1 aromatic carbocycles. The lowest BCUT2D eigenvalue weighted by Gasteiger charge is -2.23. The number of ether oxygens (including phenoxy) is 1. The average molecular weight is 386 g/mol. The van der Waals surface area contributed by atoms with Crippen LogP contribution in [0.3, 0.4) is 0 Å². The molecule has 0 saturated carbocycles. The van der Waals surface area contributed by atoms with Crippen molar-refractivity contribution in [2.45, 2.75) is 65.6 Å². The van der Waals surface area contributed by atoms with Crippen molar-refractivity contribution in [1.82, 2.24) is 4.98 Å². The highest BCUT2D eigenvalue weighted by molar-refractivity contribution is 5.73. The van der Waals surface area contributed by atoms with Gasteiger partial charge in [0.2, 0.25) is 0 Å². The van der Waals surface area contributed by atoms with E-state index in [0.29, 0.717) is 13.2 Å². The van der Waals surface area contributed by atoms with Crippen LogP contribution in [-0.2, 0) is 24.4 Å². The molecular weight excluding hydrogens is 353 g/mol. The zero-order valence-corrected chi connectivity index (χ0v) is 17.3. The predicted octanol–water partition coefficient (Wildman–Crippen LogP) is 5.94. The van der Waals surface area contributed by atoms with E-state index in [1.54, 1.807) is 18.2 Å². The maximum Gasteiger partial charge on any atom is 0.123 e. The molecule has 0 aliphatic carbocycles. The summed E-state index contributed by atoms with van der Waals surface area (Å²) in [6.45, 7) is 10.8. The fourth-order valence-electron chi connectivity index (χ4n) is 3.52. The molecule has 3 nitrogen and oxygen atoms in total. The van der Waals surface area contributed by atoms with Gasteiger partial charge in [-0.05, 0) is 47.6 Å². The minimum atomic E-state index is -0.269. The third kappa shape index (κ3) is 5.49. The minimum Gasteiger partial charge on any atom is -0.392 e. The van der Waals surface area contributed by atoms with E-state index in [9.17, 15) is 9.50 Å². The van der Waals surface area contributed by atoms with Crippen LogP contribution in [0.1, 0.15) is 68.5 Å². The summed E-state index contributed by atoms with van der Waals surface area (Å²) in [5.41, 5.74) is 5.59. The molecule has 1 heterocycles. The van der Waals surface area contributed by atoms with Gasteiger partial charge in [0.25, 0.3) is 0 Å².